The molecule has 5 aliphatic carbocycles. The third-order valence-corrected chi connectivity index (χ3v) is 10.1. The molecule has 0 amide bonds. The predicted molar refractivity (Wildman–Crippen MR) is 149 cm³/mol. The van der Waals surface area contributed by atoms with Crippen LogP contribution < -0.4 is 16.0 Å². The first-order valence-electron chi connectivity index (χ1n) is 14.4. The van der Waals surface area contributed by atoms with Gasteiger partial charge < -0.3 is 16.0 Å². The second-order valence-corrected chi connectivity index (χ2v) is 12.8. The highest BCUT2D eigenvalue weighted by atomic mass is 35.5. The van der Waals surface area contributed by atoms with E-state index in [0.29, 0.717) is 52.7 Å². The summed E-state index contributed by atoms with van der Waals surface area (Å²) in [6.45, 7) is 2.42. The zero-order chi connectivity index (χ0) is 26.1. The monoisotopic (exact) mass is 536 g/mol. The first kappa shape index (κ1) is 25.8. The van der Waals surface area contributed by atoms with Gasteiger partial charge in [-0.15, -0.1) is 0 Å². The molecule has 0 saturated heterocycles. The molecule has 8 heteroatoms. The largest absolute Gasteiger partial charge is 0.368 e. The van der Waals surface area contributed by atoms with Crippen molar-refractivity contribution in [1.29, 1.82) is 5.26 Å². The number of nitrogens with one attached hydrogen (secondary N) is 3. The molecule has 0 aliphatic heterocycles. The molecule has 5 atom stereocenters. The van der Waals surface area contributed by atoms with E-state index in [1.54, 1.807) is 6.20 Å². The summed E-state index contributed by atoms with van der Waals surface area (Å²) in [6, 6.07) is 10.6. The number of hydrogen-bond donors (Lipinski definition) is 3. The lowest BCUT2D eigenvalue weighted by Crippen LogP contribution is -2.60. The fraction of sp³-hybridized carbons (Fsp3) is 0.633. The van der Waals surface area contributed by atoms with Crippen LogP contribution in [-0.2, 0) is 6.54 Å². The van der Waals surface area contributed by atoms with Crippen LogP contribution in [0.25, 0.3) is 0 Å². The van der Waals surface area contributed by atoms with Gasteiger partial charge in [-0.25, -0.2) is 9.37 Å². The van der Waals surface area contributed by atoms with Gasteiger partial charge in [-0.2, -0.15) is 10.2 Å². The van der Waals surface area contributed by atoms with Crippen molar-refractivity contribution in [2.45, 2.75) is 76.5 Å². The lowest BCUT2D eigenvalue weighted by molar-refractivity contribution is -0.0703. The molecule has 1 aromatic carbocycles. The molecule has 5 saturated carbocycles. The van der Waals surface area contributed by atoms with Crippen LogP contribution in [0.4, 0.5) is 16.2 Å². The quantitative estimate of drug-likeness (QED) is 0.347. The van der Waals surface area contributed by atoms with Crippen LogP contribution >= 0.6 is 11.6 Å². The summed E-state index contributed by atoms with van der Waals surface area (Å²) in [5.41, 5.74) is 1.72. The first-order valence-corrected chi connectivity index (χ1v) is 14.7. The molecule has 3 N–H and O–H groups in total. The van der Waals surface area contributed by atoms with E-state index in [4.69, 9.17) is 11.6 Å². The van der Waals surface area contributed by atoms with Crippen LogP contribution in [0.3, 0.4) is 0 Å². The minimum atomic E-state index is -0.578. The molecular weight excluding hydrogens is 499 g/mol. The average Bonchev–Trinajstić information content (AvgIpc) is 2.92. The Kier molecular flexibility index (Phi) is 7.46. The number of hydrogen-bond acceptors (Lipinski definition) is 6. The summed E-state index contributed by atoms with van der Waals surface area (Å²) >= 11 is 6.29. The van der Waals surface area contributed by atoms with Crippen molar-refractivity contribution in [3.05, 3.63) is 46.6 Å². The van der Waals surface area contributed by atoms with Crippen molar-refractivity contribution in [1.82, 2.24) is 15.3 Å². The van der Waals surface area contributed by atoms with E-state index in [-0.39, 0.29) is 5.41 Å². The number of benzene rings is 1. The zero-order valence-corrected chi connectivity index (χ0v) is 22.7. The maximum atomic E-state index is 13.6. The Bertz CT molecular complexity index is 1160. The molecule has 6 nitrogen and oxygen atoms in total. The Morgan fingerprint density at radius 1 is 1.05 bits per heavy atom. The van der Waals surface area contributed by atoms with E-state index in [1.807, 2.05) is 24.3 Å². The Morgan fingerprint density at radius 2 is 1.82 bits per heavy atom. The highest BCUT2D eigenvalue weighted by Gasteiger charge is 2.55. The standard InChI is InChI=1S/C30H38ClFN6/c31-26-4-2-1-3-21(26)16-35-29-36-17-24(14-33)28(38-29)37-18-30-11-20-9-22(12-30)27(23(10-20)13-30)34-15-19-5-7-25(32)8-6-19/h1-4,17,19-20,22-23,25,27,34H,5-13,15-16,18H2,(H2,35,36,37,38)/t19-,20?,22-,23+,25-,27-,30-. The van der Waals surface area contributed by atoms with Crippen molar-refractivity contribution in [2.24, 2.45) is 29.1 Å². The van der Waals surface area contributed by atoms with Crippen LogP contribution in [0.5, 0.6) is 0 Å². The Balaban J connectivity index is 1.08. The minimum Gasteiger partial charge on any atom is -0.368 e. The first-order chi connectivity index (χ1) is 18.5. The van der Waals surface area contributed by atoms with Gasteiger partial charge in [-0.1, -0.05) is 29.8 Å². The third kappa shape index (κ3) is 5.49. The molecular formula is C30H38ClFN6. The van der Waals surface area contributed by atoms with Gasteiger partial charge in [0, 0.05) is 24.2 Å². The maximum absolute atomic E-state index is 13.6. The van der Waals surface area contributed by atoms with Gasteiger partial charge in [-0.05, 0) is 105 Å². The van der Waals surface area contributed by atoms with Crippen LogP contribution in [0.1, 0.15) is 68.9 Å². The Labute approximate surface area is 230 Å². The van der Waals surface area contributed by atoms with Crippen molar-refractivity contribution >= 4 is 23.4 Å². The van der Waals surface area contributed by atoms with Gasteiger partial charge in [0.15, 0.2) is 0 Å². The van der Waals surface area contributed by atoms with E-state index in [9.17, 15) is 9.65 Å². The number of nitriles is 1. The van der Waals surface area contributed by atoms with E-state index in [0.717, 1.165) is 50.3 Å². The van der Waals surface area contributed by atoms with Gasteiger partial charge in [0.1, 0.15) is 23.6 Å². The van der Waals surface area contributed by atoms with Gasteiger partial charge in [-0.3, -0.25) is 0 Å². The smallest absolute Gasteiger partial charge is 0.224 e. The molecule has 5 aliphatic rings. The molecule has 7 rings (SSSR count). The van der Waals surface area contributed by atoms with Crippen molar-refractivity contribution < 1.29 is 4.39 Å². The van der Waals surface area contributed by atoms with Crippen molar-refractivity contribution in [2.75, 3.05) is 23.7 Å². The summed E-state index contributed by atoms with van der Waals surface area (Å²) in [5, 5.41) is 21.2. The lowest BCUT2D eigenvalue weighted by atomic mass is 9.48. The molecule has 1 heterocycles. The number of aromatic nitrogens is 2. The van der Waals surface area contributed by atoms with E-state index in [1.165, 1.54) is 32.1 Å². The summed E-state index contributed by atoms with van der Waals surface area (Å²) < 4.78 is 13.6. The van der Waals surface area contributed by atoms with E-state index >= 15 is 0 Å². The van der Waals surface area contributed by atoms with Crippen LogP contribution in [0, 0.1) is 40.4 Å². The Morgan fingerprint density at radius 3 is 2.55 bits per heavy atom. The molecule has 0 spiro atoms. The fourth-order valence-electron chi connectivity index (χ4n) is 8.14. The number of alkyl halides is 1. The summed E-state index contributed by atoms with van der Waals surface area (Å²) in [5.74, 6) is 3.98. The Hall–Kier alpha value is -2.43. The summed E-state index contributed by atoms with van der Waals surface area (Å²) in [4.78, 5) is 9.01. The van der Waals surface area contributed by atoms with Crippen molar-refractivity contribution in [3.63, 3.8) is 0 Å². The normalized spacial score (nSPS) is 33.6. The lowest BCUT2D eigenvalue weighted by Gasteiger charge is -2.60. The maximum Gasteiger partial charge on any atom is 0.224 e. The highest BCUT2D eigenvalue weighted by molar-refractivity contribution is 6.31. The van der Waals surface area contributed by atoms with Gasteiger partial charge in [0.25, 0.3) is 0 Å². The molecule has 1 aromatic heterocycles. The second kappa shape index (κ2) is 11.0. The zero-order valence-electron chi connectivity index (χ0n) is 21.9. The van der Waals surface area contributed by atoms with Gasteiger partial charge >= 0.3 is 0 Å². The topological polar surface area (TPSA) is 85.7 Å². The molecule has 38 heavy (non-hydrogen) atoms. The third-order valence-electron chi connectivity index (χ3n) is 9.75. The number of nitrogens with zero attached hydrogens (tertiary/aromatic N) is 3. The molecule has 202 valence electrons. The SMILES string of the molecule is N#Cc1cnc(NCc2ccccc2Cl)nc1NC[C@]12CC3C[C@H](C1)[C@@H](NC[C@H]1CC[C@H](F)CC1)[C@@H](C3)C2. The summed E-state index contributed by atoms with van der Waals surface area (Å²) in [6.07, 6.45) is 11.0. The number of rotatable bonds is 9. The van der Waals surface area contributed by atoms with Crippen LogP contribution in [0.2, 0.25) is 5.02 Å². The fourth-order valence-corrected chi connectivity index (χ4v) is 8.34. The van der Waals surface area contributed by atoms with Crippen LogP contribution in [-0.4, -0.2) is 35.3 Å². The van der Waals surface area contributed by atoms with Crippen LogP contribution in [0.15, 0.2) is 30.5 Å². The van der Waals surface area contributed by atoms with Crippen molar-refractivity contribution in [3.8, 4) is 6.07 Å². The van der Waals surface area contributed by atoms with E-state index in [2.05, 4.69) is 32.0 Å². The number of anilines is 2. The highest BCUT2D eigenvalue weighted by Crippen LogP contribution is 2.60. The minimum absolute atomic E-state index is 0.268. The average molecular weight is 537 g/mol. The molecule has 2 aromatic rings. The second-order valence-electron chi connectivity index (χ2n) is 12.4. The summed E-state index contributed by atoms with van der Waals surface area (Å²) in [7, 11) is 0. The molecule has 0 radical (unpaired) electrons. The molecule has 1 unspecified atom stereocenters. The molecule has 4 bridgehead atoms. The number of halogens is 2. The van der Waals surface area contributed by atoms with Gasteiger partial charge in [0.2, 0.25) is 5.95 Å². The molecule has 5 fully saturated rings. The van der Waals surface area contributed by atoms with Gasteiger partial charge in [0.05, 0.1) is 6.20 Å². The predicted octanol–water partition coefficient (Wildman–Crippen LogP) is 6.34. The van der Waals surface area contributed by atoms with E-state index < -0.39 is 6.17 Å².